The van der Waals surface area contributed by atoms with Gasteiger partial charge in [-0.1, -0.05) is 6.92 Å². The van der Waals surface area contributed by atoms with E-state index in [1.807, 2.05) is 25.9 Å². The Kier molecular flexibility index (Phi) is 7.21. The molecule has 0 heterocycles. The number of rotatable bonds is 8. The monoisotopic (exact) mass is 218 g/mol. The van der Waals surface area contributed by atoms with Crippen LogP contribution in [0.3, 0.4) is 0 Å². The van der Waals surface area contributed by atoms with Crippen molar-refractivity contribution in [2.75, 3.05) is 34.4 Å². The fourth-order valence-corrected chi connectivity index (χ4v) is 1.20. The highest BCUT2D eigenvalue weighted by Gasteiger charge is 2.13. The van der Waals surface area contributed by atoms with Crippen LogP contribution in [0.5, 0.6) is 0 Å². The first-order valence-corrected chi connectivity index (χ1v) is 5.30. The molecule has 0 saturated heterocycles. The third-order valence-corrected chi connectivity index (χ3v) is 2.19. The van der Waals surface area contributed by atoms with Crippen LogP contribution < -0.4 is 0 Å². The highest BCUT2D eigenvalue weighted by atomic mass is 16.5. The minimum atomic E-state index is -0.153. The molecule has 0 aromatic heterocycles. The van der Waals surface area contributed by atoms with Crippen molar-refractivity contribution >= 4 is 5.97 Å². The van der Waals surface area contributed by atoms with Crippen LogP contribution in [0.2, 0.25) is 0 Å². The van der Waals surface area contributed by atoms with Crippen LogP contribution in [0.15, 0.2) is 0 Å². The van der Waals surface area contributed by atoms with Gasteiger partial charge in [0.05, 0.1) is 14.6 Å². The number of hydrogen-bond acceptors (Lipinski definition) is 4. The van der Waals surface area contributed by atoms with E-state index in [9.17, 15) is 4.79 Å². The molecule has 0 fully saturated rings. The fraction of sp³-hybridized carbons (Fsp3) is 0.909. The summed E-state index contributed by atoms with van der Waals surface area (Å²) in [6.45, 7) is 2.95. The summed E-state index contributed by atoms with van der Waals surface area (Å²) in [6, 6.07) is 0.166. The molecule has 4 heteroatoms. The Morgan fingerprint density at radius 1 is 1.53 bits per heavy atom. The lowest BCUT2D eigenvalue weighted by molar-refractivity contribution is -0.144. The highest BCUT2D eigenvalue weighted by molar-refractivity contribution is 5.69. The molecule has 15 heavy (non-hydrogen) atoms. The highest BCUT2D eigenvalue weighted by Crippen LogP contribution is 2.05. The van der Waals surface area contributed by atoms with Crippen molar-refractivity contribution in [3.8, 4) is 0 Å². The quantitative estimate of drug-likeness (QED) is 0.576. The van der Waals surface area contributed by atoms with Crippen molar-refractivity contribution in [1.82, 2.24) is 4.90 Å². The van der Waals surface area contributed by atoms with Crippen molar-refractivity contribution in [2.24, 2.45) is 0 Å². The van der Waals surface area contributed by atoms with E-state index in [2.05, 4.69) is 0 Å². The zero-order chi connectivity index (χ0) is 12.4. The largest absolute Gasteiger partial charge is 0.466 e. The van der Waals surface area contributed by atoms with Gasteiger partial charge in [-0.3, -0.25) is 4.79 Å². The van der Waals surface area contributed by atoms with E-state index in [1.54, 1.807) is 0 Å². The first-order valence-electron chi connectivity index (χ1n) is 6.01. The van der Waals surface area contributed by atoms with Gasteiger partial charge in [0.25, 0.3) is 0 Å². The van der Waals surface area contributed by atoms with Gasteiger partial charge in [0.15, 0.2) is 0 Å². The van der Waals surface area contributed by atoms with E-state index in [1.165, 1.54) is 0 Å². The Hall–Kier alpha value is -0.610. The minimum absolute atomic E-state index is 0.0371. The predicted molar refractivity (Wildman–Crippen MR) is 59.8 cm³/mol. The summed E-state index contributed by atoms with van der Waals surface area (Å²) >= 11 is 0. The predicted octanol–water partition coefficient (Wildman–Crippen LogP) is 1.30. The van der Waals surface area contributed by atoms with Gasteiger partial charge >= 0.3 is 5.97 Å². The van der Waals surface area contributed by atoms with E-state index < -0.39 is 0 Å². The first kappa shape index (κ1) is 12.5. The lowest BCUT2D eigenvalue weighted by Gasteiger charge is -2.22. The Morgan fingerprint density at radius 2 is 2.27 bits per heavy atom. The van der Waals surface area contributed by atoms with Crippen LogP contribution >= 0.6 is 0 Å². The van der Waals surface area contributed by atoms with E-state index in [0.29, 0.717) is 26.1 Å². The molecular weight excluding hydrogens is 194 g/mol. The topological polar surface area (TPSA) is 38.8 Å². The molecule has 0 saturated carbocycles. The van der Waals surface area contributed by atoms with Crippen molar-refractivity contribution in [2.45, 2.75) is 32.2 Å². The van der Waals surface area contributed by atoms with Crippen LogP contribution in [-0.4, -0.2) is 51.3 Å². The molecule has 4 nitrogen and oxygen atoms in total. The van der Waals surface area contributed by atoms with Crippen molar-refractivity contribution in [1.29, 1.82) is 0 Å². The molecule has 0 N–H and O–H groups in total. The third kappa shape index (κ3) is 7.33. The molecule has 0 aliphatic carbocycles. The summed E-state index contributed by atoms with van der Waals surface area (Å²) in [5, 5.41) is 0. The minimum Gasteiger partial charge on any atom is -0.466 e. The molecule has 1 unspecified atom stereocenters. The van der Waals surface area contributed by atoms with Gasteiger partial charge in [0, 0.05) is 19.5 Å². The fourth-order valence-electron chi connectivity index (χ4n) is 1.20. The SMILES string of the molecule is [2H]COCC(CCC(=O)OCCC)N(C)C. The Balaban J connectivity index is 3.78. The molecule has 0 aromatic rings. The van der Waals surface area contributed by atoms with E-state index in [0.717, 1.165) is 6.42 Å². The summed E-state index contributed by atoms with van der Waals surface area (Å²) in [5.74, 6) is -0.153. The number of esters is 1. The van der Waals surface area contributed by atoms with Gasteiger partial charge in [0.1, 0.15) is 0 Å². The smallest absolute Gasteiger partial charge is 0.305 e. The summed E-state index contributed by atoms with van der Waals surface area (Å²) in [7, 11) is 3.84. The maximum atomic E-state index is 11.3. The molecule has 90 valence electrons. The Morgan fingerprint density at radius 3 is 2.80 bits per heavy atom. The van der Waals surface area contributed by atoms with Crippen molar-refractivity contribution < 1.29 is 15.6 Å². The maximum absolute atomic E-state index is 11.3. The second kappa shape index (κ2) is 8.68. The Labute approximate surface area is 93.9 Å². The molecule has 0 spiro atoms. The molecule has 0 rings (SSSR count). The molecule has 0 bridgehead atoms. The summed E-state index contributed by atoms with van der Waals surface area (Å²) < 4.78 is 16.9. The second-order valence-corrected chi connectivity index (χ2v) is 3.75. The third-order valence-electron chi connectivity index (χ3n) is 2.19. The van der Waals surface area contributed by atoms with Crippen molar-refractivity contribution in [3.05, 3.63) is 0 Å². The van der Waals surface area contributed by atoms with Gasteiger partial charge in [0.2, 0.25) is 0 Å². The number of likely N-dealkylation sites (N-methyl/N-ethyl adjacent to an activating group) is 1. The normalized spacial score (nSPS) is 13.7. The van der Waals surface area contributed by atoms with Crippen LogP contribution in [-0.2, 0) is 14.3 Å². The number of nitrogens with zero attached hydrogens (tertiary/aromatic N) is 1. The average Bonchev–Trinajstić information content (AvgIpc) is 2.25. The molecular formula is C11H23NO3. The molecule has 1 atom stereocenters. The number of carbonyl (C=O) groups is 1. The maximum Gasteiger partial charge on any atom is 0.305 e. The first-order chi connectivity index (χ1) is 7.61. The lowest BCUT2D eigenvalue weighted by Crippen LogP contribution is -2.32. The lowest BCUT2D eigenvalue weighted by atomic mass is 10.1. The molecule has 0 aliphatic heterocycles. The molecule has 0 amide bonds. The zero-order valence-corrected chi connectivity index (χ0v) is 9.99. The van der Waals surface area contributed by atoms with Crippen molar-refractivity contribution in [3.63, 3.8) is 0 Å². The van der Waals surface area contributed by atoms with E-state index in [-0.39, 0.29) is 19.1 Å². The summed E-state index contributed by atoms with van der Waals surface area (Å²) in [6.07, 6.45) is 1.96. The standard InChI is InChI=1S/C11H23NO3/c1-5-8-15-11(13)7-6-10(9-14-4)12(2)3/h10H,5-9H2,1-4H3/i4D. The number of hydrogen-bond donors (Lipinski definition) is 0. The van der Waals surface area contributed by atoms with E-state index >= 15 is 0 Å². The summed E-state index contributed by atoms with van der Waals surface area (Å²) in [5.41, 5.74) is 0. The molecule has 0 radical (unpaired) electrons. The zero-order valence-electron chi connectivity index (χ0n) is 11.0. The molecule has 0 aliphatic rings. The average molecular weight is 218 g/mol. The molecule has 0 aromatic carbocycles. The van der Waals surface area contributed by atoms with Crippen LogP contribution in [0.4, 0.5) is 0 Å². The summed E-state index contributed by atoms with van der Waals surface area (Å²) in [4.78, 5) is 13.3. The van der Waals surface area contributed by atoms with Gasteiger partial charge in [-0.05, 0) is 26.9 Å². The number of methoxy groups -OCH3 is 1. The van der Waals surface area contributed by atoms with Gasteiger partial charge in [-0.25, -0.2) is 0 Å². The van der Waals surface area contributed by atoms with Gasteiger partial charge < -0.3 is 14.4 Å². The van der Waals surface area contributed by atoms with Gasteiger partial charge in [-0.15, -0.1) is 0 Å². The number of carbonyl (C=O) groups excluding carboxylic acids is 1. The van der Waals surface area contributed by atoms with Gasteiger partial charge in [-0.2, -0.15) is 0 Å². The Bertz CT molecular complexity index is 188. The second-order valence-electron chi connectivity index (χ2n) is 3.75. The van der Waals surface area contributed by atoms with Crippen LogP contribution in [0.25, 0.3) is 0 Å². The van der Waals surface area contributed by atoms with Crippen LogP contribution in [0.1, 0.15) is 27.6 Å². The van der Waals surface area contributed by atoms with Crippen LogP contribution in [0, 0.1) is 0 Å². The van der Waals surface area contributed by atoms with E-state index in [4.69, 9.17) is 10.8 Å². The number of ether oxygens (including phenoxy) is 2.